The number of benzene rings is 1. The average molecular weight is 416 g/mol. The highest BCUT2D eigenvalue weighted by molar-refractivity contribution is 8.18. The monoisotopic (exact) mass is 415 g/mol. The molecule has 156 valence electrons. The highest BCUT2D eigenvalue weighted by Gasteiger charge is 2.31. The predicted molar refractivity (Wildman–Crippen MR) is 119 cm³/mol. The first-order valence-electron chi connectivity index (χ1n) is 10.3. The summed E-state index contributed by atoms with van der Waals surface area (Å²) in [4.78, 5) is 33.5. The molecule has 0 unspecified atom stereocenters. The Hall–Kier alpha value is -2.28. The molecule has 1 aromatic rings. The molecule has 1 aromatic carbocycles. The van der Waals surface area contributed by atoms with E-state index in [0.717, 1.165) is 36.7 Å². The average Bonchev–Trinajstić information content (AvgIpc) is 3.11. The number of thioether (sulfide) groups is 1. The molecule has 2 aliphatic heterocycles. The summed E-state index contributed by atoms with van der Waals surface area (Å²) < 4.78 is 5.12. The lowest BCUT2D eigenvalue weighted by Gasteiger charge is -2.31. The lowest BCUT2D eigenvalue weighted by molar-refractivity contribution is -0.149. The number of piperidine rings is 1. The van der Waals surface area contributed by atoms with E-state index in [0.29, 0.717) is 24.6 Å². The minimum absolute atomic E-state index is 0.0479. The molecule has 0 saturated carbocycles. The Morgan fingerprint density at radius 1 is 1.21 bits per heavy atom. The molecule has 1 amide bonds. The lowest BCUT2D eigenvalue weighted by Crippen LogP contribution is -2.39. The highest BCUT2D eigenvalue weighted by atomic mass is 32.2. The summed E-state index contributed by atoms with van der Waals surface area (Å²) in [7, 11) is 0. The lowest BCUT2D eigenvalue weighted by atomic mass is 9.97. The maximum atomic E-state index is 12.4. The second-order valence-corrected chi connectivity index (χ2v) is 8.10. The van der Waals surface area contributed by atoms with Crippen LogP contribution in [0.25, 0.3) is 6.08 Å². The fourth-order valence-corrected chi connectivity index (χ4v) is 4.59. The molecule has 29 heavy (non-hydrogen) atoms. The number of hydrogen-bond donors (Lipinski definition) is 0. The Kier molecular flexibility index (Phi) is 7.36. The van der Waals surface area contributed by atoms with Crippen LogP contribution in [0.1, 0.15) is 39.2 Å². The van der Waals surface area contributed by atoms with E-state index in [1.165, 1.54) is 17.4 Å². The minimum Gasteiger partial charge on any atom is -0.466 e. The zero-order valence-corrected chi connectivity index (χ0v) is 18.2. The number of amides is 1. The van der Waals surface area contributed by atoms with Gasteiger partial charge >= 0.3 is 5.97 Å². The fraction of sp³-hybridized carbons (Fsp3) is 0.500. The van der Waals surface area contributed by atoms with E-state index in [1.807, 2.05) is 25.1 Å². The van der Waals surface area contributed by atoms with Crippen molar-refractivity contribution in [2.75, 3.05) is 37.7 Å². The number of hydrogen-bond acceptors (Lipinski definition) is 6. The third kappa shape index (κ3) is 5.21. The van der Waals surface area contributed by atoms with Crippen molar-refractivity contribution in [2.45, 2.75) is 33.6 Å². The van der Waals surface area contributed by atoms with Crippen LogP contribution in [0.3, 0.4) is 0 Å². The van der Waals surface area contributed by atoms with Crippen molar-refractivity contribution in [3.05, 3.63) is 34.7 Å². The summed E-state index contributed by atoms with van der Waals surface area (Å²) in [5, 5.41) is 0.739. The molecular weight excluding hydrogens is 386 g/mol. The van der Waals surface area contributed by atoms with Gasteiger partial charge in [-0.3, -0.25) is 9.59 Å². The van der Waals surface area contributed by atoms with E-state index in [4.69, 9.17) is 4.74 Å². The van der Waals surface area contributed by atoms with Crippen LogP contribution in [0.5, 0.6) is 0 Å². The number of carbonyl (C=O) groups excluding carboxylic acids is 2. The topological polar surface area (TPSA) is 62.2 Å². The van der Waals surface area contributed by atoms with Gasteiger partial charge in [-0.25, -0.2) is 0 Å². The van der Waals surface area contributed by atoms with Crippen LogP contribution < -0.4 is 4.90 Å². The second-order valence-electron chi connectivity index (χ2n) is 7.09. The van der Waals surface area contributed by atoms with Gasteiger partial charge in [0.25, 0.3) is 5.91 Å². The van der Waals surface area contributed by atoms with Crippen molar-refractivity contribution in [1.82, 2.24) is 4.90 Å². The van der Waals surface area contributed by atoms with Gasteiger partial charge in [0.1, 0.15) is 0 Å². The SMILES string of the molecule is CCOC(=O)C1CCN(C2=NC(=O)/C(=C/c3ccc(N(CC)CC)cc3)S2)CC1. The number of aliphatic imine (C=N–C) groups is 1. The van der Waals surface area contributed by atoms with Crippen LogP contribution in [0, 0.1) is 5.92 Å². The van der Waals surface area contributed by atoms with E-state index in [1.54, 1.807) is 0 Å². The van der Waals surface area contributed by atoms with Crippen molar-refractivity contribution < 1.29 is 14.3 Å². The first-order valence-corrected chi connectivity index (χ1v) is 11.2. The largest absolute Gasteiger partial charge is 0.466 e. The van der Waals surface area contributed by atoms with E-state index in [9.17, 15) is 9.59 Å². The third-order valence-electron chi connectivity index (χ3n) is 5.31. The van der Waals surface area contributed by atoms with Gasteiger partial charge in [0.15, 0.2) is 5.17 Å². The Labute approximate surface area is 177 Å². The Morgan fingerprint density at radius 2 is 1.86 bits per heavy atom. The van der Waals surface area contributed by atoms with Gasteiger partial charge in [-0.2, -0.15) is 4.99 Å². The first kappa shape index (κ1) is 21.4. The van der Waals surface area contributed by atoms with Gasteiger partial charge in [0, 0.05) is 31.9 Å². The number of likely N-dealkylation sites (tertiary alicyclic amines) is 1. The van der Waals surface area contributed by atoms with E-state index in [2.05, 4.69) is 40.8 Å². The van der Waals surface area contributed by atoms with Crippen LogP contribution in [-0.4, -0.2) is 54.7 Å². The summed E-state index contributed by atoms with van der Waals surface area (Å²) in [6.07, 6.45) is 3.37. The van der Waals surface area contributed by atoms with Gasteiger partial charge in [-0.05, 0) is 69.1 Å². The molecule has 1 fully saturated rings. The maximum Gasteiger partial charge on any atom is 0.309 e. The molecule has 0 aliphatic carbocycles. The number of anilines is 1. The molecule has 0 spiro atoms. The number of carbonyl (C=O) groups is 2. The molecule has 0 radical (unpaired) electrons. The summed E-state index contributed by atoms with van der Waals surface area (Å²) in [6.45, 7) is 9.89. The van der Waals surface area contributed by atoms with Crippen LogP contribution in [0.2, 0.25) is 0 Å². The van der Waals surface area contributed by atoms with Crippen LogP contribution in [-0.2, 0) is 14.3 Å². The molecule has 2 aliphatic rings. The second kappa shape index (κ2) is 9.96. The molecule has 1 saturated heterocycles. The molecule has 0 bridgehead atoms. The highest BCUT2D eigenvalue weighted by Crippen LogP contribution is 2.32. The van der Waals surface area contributed by atoms with Crippen molar-refractivity contribution in [3.8, 4) is 0 Å². The van der Waals surface area contributed by atoms with Gasteiger partial charge in [0.2, 0.25) is 0 Å². The summed E-state index contributed by atoms with van der Waals surface area (Å²) in [5.74, 6) is -0.350. The van der Waals surface area contributed by atoms with Gasteiger partial charge < -0.3 is 14.5 Å². The number of rotatable bonds is 6. The number of ether oxygens (including phenoxy) is 1. The van der Waals surface area contributed by atoms with Gasteiger partial charge in [0.05, 0.1) is 17.4 Å². The first-order chi connectivity index (χ1) is 14.0. The summed E-state index contributed by atoms with van der Waals surface area (Å²) in [5.41, 5.74) is 2.18. The Balaban J connectivity index is 1.60. The van der Waals surface area contributed by atoms with Gasteiger partial charge in [-0.1, -0.05) is 12.1 Å². The van der Waals surface area contributed by atoms with Gasteiger partial charge in [-0.15, -0.1) is 0 Å². The molecule has 0 aromatic heterocycles. The number of amidine groups is 1. The van der Waals surface area contributed by atoms with Crippen LogP contribution in [0.4, 0.5) is 5.69 Å². The number of nitrogens with zero attached hydrogens (tertiary/aromatic N) is 3. The van der Waals surface area contributed by atoms with Crippen molar-refractivity contribution in [2.24, 2.45) is 10.9 Å². The van der Waals surface area contributed by atoms with E-state index < -0.39 is 0 Å². The van der Waals surface area contributed by atoms with Crippen LogP contribution >= 0.6 is 11.8 Å². The molecule has 7 heteroatoms. The Bertz CT molecular complexity index is 792. The van der Waals surface area contributed by atoms with Crippen molar-refractivity contribution >= 4 is 40.6 Å². The minimum atomic E-state index is -0.190. The normalized spacial score (nSPS) is 18.9. The van der Waals surface area contributed by atoms with Crippen molar-refractivity contribution in [3.63, 3.8) is 0 Å². The maximum absolute atomic E-state index is 12.4. The standard InChI is InChI=1S/C22H29N3O3S/c1-4-24(5-2)18-9-7-16(8-10-18)15-19-20(26)23-22(29-19)25-13-11-17(12-14-25)21(27)28-6-3/h7-10,15,17H,4-6,11-14H2,1-3H3/b19-15-. The van der Waals surface area contributed by atoms with Crippen LogP contribution in [0.15, 0.2) is 34.2 Å². The molecule has 6 nitrogen and oxygen atoms in total. The molecule has 2 heterocycles. The number of esters is 1. The van der Waals surface area contributed by atoms with E-state index >= 15 is 0 Å². The smallest absolute Gasteiger partial charge is 0.309 e. The fourth-order valence-electron chi connectivity index (χ4n) is 3.62. The third-order valence-corrected chi connectivity index (χ3v) is 6.36. The quantitative estimate of drug-likeness (QED) is 0.521. The van der Waals surface area contributed by atoms with E-state index in [-0.39, 0.29) is 17.8 Å². The summed E-state index contributed by atoms with van der Waals surface area (Å²) in [6, 6.07) is 8.26. The molecular formula is C22H29N3O3S. The molecule has 0 atom stereocenters. The summed E-state index contributed by atoms with van der Waals surface area (Å²) >= 11 is 1.42. The Morgan fingerprint density at radius 3 is 2.45 bits per heavy atom. The molecule has 0 N–H and O–H groups in total. The van der Waals surface area contributed by atoms with Crippen molar-refractivity contribution in [1.29, 1.82) is 0 Å². The molecule has 3 rings (SSSR count). The zero-order chi connectivity index (χ0) is 20.8. The zero-order valence-electron chi connectivity index (χ0n) is 17.4. The predicted octanol–water partition coefficient (Wildman–Crippen LogP) is 3.78.